The summed E-state index contributed by atoms with van der Waals surface area (Å²) in [6.07, 6.45) is 0. The number of piperazine rings is 1. The number of aromatic carboxylic acids is 1. The minimum absolute atomic E-state index is 0.347. The van der Waals surface area contributed by atoms with Gasteiger partial charge in [-0.2, -0.15) is 0 Å². The van der Waals surface area contributed by atoms with Gasteiger partial charge in [0.15, 0.2) is 0 Å². The Morgan fingerprint density at radius 3 is 2.29 bits per heavy atom. The molecule has 2 aromatic carbocycles. The predicted molar refractivity (Wildman–Crippen MR) is 95.0 cm³/mol. The van der Waals surface area contributed by atoms with Gasteiger partial charge < -0.3 is 5.11 Å². The molecular formula is C20H24N2O2. The number of carboxylic acids is 1. The van der Waals surface area contributed by atoms with Gasteiger partial charge in [-0.1, -0.05) is 42.5 Å². The Morgan fingerprint density at radius 1 is 1.00 bits per heavy atom. The van der Waals surface area contributed by atoms with E-state index in [1.807, 2.05) is 12.1 Å². The maximum absolute atomic E-state index is 10.9. The Bertz CT molecular complexity index is 670. The molecule has 4 nitrogen and oxygen atoms in total. The summed E-state index contributed by atoms with van der Waals surface area (Å²) in [5, 5.41) is 8.97. The highest BCUT2D eigenvalue weighted by Crippen LogP contribution is 2.16. The van der Waals surface area contributed by atoms with Crippen LogP contribution in [-0.4, -0.2) is 46.6 Å². The van der Waals surface area contributed by atoms with Crippen molar-refractivity contribution in [3.63, 3.8) is 0 Å². The Kier molecular flexibility index (Phi) is 5.28. The van der Waals surface area contributed by atoms with Crippen LogP contribution in [0.1, 0.15) is 28.4 Å². The van der Waals surface area contributed by atoms with Gasteiger partial charge in [-0.25, -0.2) is 4.79 Å². The molecule has 1 saturated heterocycles. The van der Waals surface area contributed by atoms with Crippen LogP contribution < -0.4 is 0 Å². The second-order valence-electron chi connectivity index (χ2n) is 6.54. The van der Waals surface area contributed by atoms with Gasteiger partial charge >= 0.3 is 5.97 Å². The summed E-state index contributed by atoms with van der Waals surface area (Å²) in [5.41, 5.74) is 2.88. The van der Waals surface area contributed by atoms with Crippen molar-refractivity contribution in [2.24, 2.45) is 0 Å². The van der Waals surface area contributed by atoms with E-state index in [1.165, 1.54) is 11.1 Å². The molecule has 1 aliphatic rings. The van der Waals surface area contributed by atoms with Gasteiger partial charge in [-0.05, 0) is 30.2 Å². The van der Waals surface area contributed by atoms with E-state index in [1.54, 1.807) is 12.1 Å². The molecule has 0 bridgehead atoms. The van der Waals surface area contributed by atoms with Crippen molar-refractivity contribution in [3.05, 3.63) is 71.3 Å². The Hall–Kier alpha value is -2.17. The normalized spacial score (nSPS) is 19.3. The van der Waals surface area contributed by atoms with Crippen LogP contribution in [0.4, 0.5) is 0 Å². The molecule has 0 radical (unpaired) electrons. The van der Waals surface area contributed by atoms with Crippen molar-refractivity contribution >= 4 is 5.97 Å². The fourth-order valence-corrected chi connectivity index (χ4v) is 3.28. The van der Waals surface area contributed by atoms with E-state index in [9.17, 15) is 4.79 Å². The number of carbonyl (C=O) groups is 1. The van der Waals surface area contributed by atoms with E-state index < -0.39 is 5.97 Å². The Morgan fingerprint density at radius 2 is 1.67 bits per heavy atom. The SMILES string of the molecule is CC1CN(Cc2ccccc2)CCN1Cc1ccc(C(=O)O)cc1. The lowest BCUT2D eigenvalue weighted by Crippen LogP contribution is -2.50. The lowest BCUT2D eigenvalue weighted by molar-refractivity contribution is 0.0695. The minimum atomic E-state index is -0.871. The number of hydrogen-bond donors (Lipinski definition) is 1. The molecule has 1 unspecified atom stereocenters. The quantitative estimate of drug-likeness (QED) is 0.918. The maximum atomic E-state index is 10.9. The number of rotatable bonds is 5. The smallest absolute Gasteiger partial charge is 0.335 e. The Balaban J connectivity index is 1.55. The van der Waals surface area contributed by atoms with Gasteiger partial charge in [-0.3, -0.25) is 9.80 Å². The highest BCUT2D eigenvalue weighted by atomic mass is 16.4. The van der Waals surface area contributed by atoms with Crippen molar-refractivity contribution in [2.45, 2.75) is 26.1 Å². The molecular weight excluding hydrogens is 300 g/mol. The second kappa shape index (κ2) is 7.60. The van der Waals surface area contributed by atoms with E-state index in [0.717, 1.165) is 32.7 Å². The molecule has 0 spiro atoms. The summed E-state index contributed by atoms with van der Waals surface area (Å²) in [7, 11) is 0. The molecule has 0 aromatic heterocycles. The van der Waals surface area contributed by atoms with Crippen LogP contribution in [0.15, 0.2) is 54.6 Å². The van der Waals surface area contributed by atoms with Gasteiger partial charge in [-0.15, -0.1) is 0 Å². The largest absolute Gasteiger partial charge is 0.478 e. The number of carboxylic acid groups (broad SMARTS) is 1. The van der Waals surface area contributed by atoms with E-state index in [-0.39, 0.29) is 0 Å². The van der Waals surface area contributed by atoms with Gasteiger partial charge in [0, 0.05) is 38.8 Å². The molecule has 1 N–H and O–H groups in total. The van der Waals surface area contributed by atoms with E-state index in [2.05, 4.69) is 47.1 Å². The molecule has 3 rings (SSSR count). The standard InChI is InChI=1S/C20H24N2O2/c1-16-13-21(14-17-5-3-2-4-6-17)11-12-22(16)15-18-7-9-19(10-8-18)20(23)24/h2-10,16H,11-15H2,1H3,(H,23,24). The van der Waals surface area contributed by atoms with Crippen molar-refractivity contribution in [1.82, 2.24) is 9.80 Å². The first-order valence-corrected chi connectivity index (χ1v) is 8.44. The van der Waals surface area contributed by atoms with Gasteiger partial charge in [0.25, 0.3) is 0 Å². The molecule has 1 heterocycles. The predicted octanol–water partition coefficient (Wildman–Crippen LogP) is 3.09. The van der Waals surface area contributed by atoms with Crippen molar-refractivity contribution in [1.29, 1.82) is 0 Å². The van der Waals surface area contributed by atoms with Crippen LogP contribution in [-0.2, 0) is 13.1 Å². The maximum Gasteiger partial charge on any atom is 0.335 e. The molecule has 1 fully saturated rings. The first-order valence-electron chi connectivity index (χ1n) is 8.44. The van der Waals surface area contributed by atoms with Crippen LogP contribution >= 0.6 is 0 Å². The molecule has 126 valence electrons. The first kappa shape index (κ1) is 16.7. The third-order valence-corrected chi connectivity index (χ3v) is 4.68. The molecule has 0 aliphatic carbocycles. The Labute approximate surface area is 143 Å². The van der Waals surface area contributed by atoms with E-state index in [0.29, 0.717) is 11.6 Å². The zero-order valence-electron chi connectivity index (χ0n) is 14.1. The molecule has 1 aliphatic heterocycles. The molecule has 24 heavy (non-hydrogen) atoms. The summed E-state index contributed by atoms with van der Waals surface area (Å²) in [6, 6.07) is 18.3. The first-order chi connectivity index (χ1) is 11.6. The van der Waals surface area contributed by atoms with Crippen molar-refractivity contribution in [3.8, 4) is 0 Å². The summed E-state index contributed by atoms with van der Waals surface area (Å²) in [5.74, 6) is -0.871. The zero-order valence-corrected chi connectivity index (χ0v) is 14.1. The third kappa shape index (κ3) is 4.22. The number of hydrogen-bond acceptors (Lipinski definition) is 3. The minimum Gasteiger partial charge on any atom is -0.478 e. The van der Waals surface area contributed by atoms with Crippen LogP contribution in [0.3, 0.4) is 0 Å². The fourth-order valence-electron chi connectivity index (χ4n) is 3.28. The highest BCUT2D eigenvalue weighted by Gasteiger charge is 2.23. The van der Waals surface area contributed by atoms with Crippen LogP contribution in [0.25, 0.3) is 0 Å². The lowest BCUT2D eigenvalue weighted by Gasteiger charge is -2.40. The summed E-state index contributed by atoms with van der Waals surface area (Å²) in [4.78, 5) is 15.9. The third-order valence-electron chi connectivity index (χ3n) is 4.68. The second-order valence-corrected chi connectivity index (χ2v) is 6.54. The fraction of sp³-hybridized carbons (Fsp3) is 0.350. The number of nitrogens with zero attached hydrogens (tertiary/aromatic N) is 2. The summed E-state index contributed by atoms with van der Waals surface area (Å²) >= 11 is 0. The average molecular weight is 324 g/mol. The molecule has 0 amide bonds. The van der Waals surface area contributed by atoms with Gasteiger partial charge in [0.2, 0.25) is 0 Å². The zero-order chi connectivity index (χ0) is 16.9. The topological polar surface area (TPSA) is 43.8 Å². The number of benzene rings is 2. The highest BCUT2D eigenvalue weighted by molar-refractivity contribution is 5.87. The molecule has 1 atom stereocenters. The molecule has 4 heteroatoms. The molecule has 0 saturated carbocycles. The summed E-state index contributed by atoms with van der Waals surface area (Å²) < 4.78 is 0. The van der Waals surface area contributed by atoms with Crippen LogP contribution in [0.5, 0.6) is 0 Å². The monoisotopic (exact) mass is 324 g/mol. The van der Waals surface area contributed by atoms with Crippen LogP contribution in [0.2, 0.25) is 0 Å². The van der Waals surface area contributed by atoms with Crippen molar-refractivity contribution < 1.29 is 9.90 Å². The average Bonchev–Trinajstić information content (AvgIpc) is 2.59. The lowest BCUT2D eigenvalue weighted by atomic mass is 10.1. The molecule has 2 aromatic rings. The van der Waals surface area contributed by atoms with E-state index in [4.69, 9.17) is 5.11 Å². The van der Waals surface area contributed by atoms with Gasteiger partial charge in [0.1, 0.15) is 0 Å². The van der Waals surface area contributed by atoms with E-state index >= 15 is 0 Å². The summed E-state index contributed by atoms with van der Waals surface area (Å²) in [6.45, 7) is 7.30. The van der Waals surface area contributed by atoms with Gasteiger partial charge in [0.05, 0.1) is 5.56 Å². The van der Waals surface area contributed by atoms with Crippen molar-refractivity contribution in [2.75, 3.05) is 19.6 Å². The van der Waals surface area contributed by atoms with Crippen LogP contribution in [0, 0.1) is 0 Å².